The Labute approximate surface area is 311 Å². The molecule has 2 bridgehead atoms. The van der Waals surface area contributed by atoms with Crippen molar-refractivity contribution in [3.8, 4) is 16.9 Å². The van der Waals surface area contributed by atoms with E-state index < -0.39 is 24.2 Å². The van der Waals surface area contributed by atoms with Gasteiger partial charge < -0.3 is 35.4 Å². The van der Waals surface area contributed by atoms with Crippen LogP contribution >= 0.6 is 0 Å². The highest BCUT2D eigenvalue weighted by Crippen LogP contribution is 2.61. The zero-order valence-electron chi connectivity index (χ0n) is 33.0. The van der Waals surface area contributed by atoms with Gasteiger partial charge in [-0.3, -0.25) is 14.4 Å². The average Bonchev–Trinajstić information content (AvgIpc) is 3.47. The second-order valence-electron chi connectivity index (χ2n) is 16.6. The summed E-state index contributed by atoms with van der Waals surface area (Å²) in [5, 5.41) is 29.5. The summed E-state index contributed by atoms with van der Waals surface area (Å²) in [5.41, 5.74) is 4.09. The normalized spacial score (nSPS) is 27.8. The van der Waals surface area contributed by atoms with Gasteiger partial charge in [0.1, 0.15) is 17.9 Å². The molecule has 2 amide bonds. The first-order chi connectivity index (χ1) is 24.6. The van der Waals surface area contributed by atoms with Crippen LogP contribution in [0.5, 0.6) is 5.75 Å². The van der Waals surface area contributed by atoms with E-state index in [2.05, 4.69) is 43.2 Å². The number of amides is 2. The third kappa shape index (κ3) is 8.14. The van der Waals surface area contributed by atoms with E-state index in [0.29, 0.717) is 29.1 Å². The number of methoxy groups -OCH3 is 1. The molecule has 2 aromatic rings. The van der Waals surface area contributed by atoms with Gasteiger partial charge in [0.05, 0.1) is 26.4 Å². The smallest absolute Gasteiger partial charge is 0.251 e. The number of aliphatic hydroxyl groups is 2. The number of hydrogen-bond donors (Lipinski definition) is 4. The number of likely N-dealkylation sites (N-methyl/N-ethyl adjacent to an activating group) is 1. The number of hydrogen-bond acceptors (Lipinski definition) is 9. The summed E-state index contributed by atoms with van der Waals surface area (Å²) in [6.45, 7) is 11.3. The van der Waals surface area contributed by atoms with Crippen LogP contribution in [0, 0.1) is 29.1 Å². The van der Waals surface area contributed by atoms with Gasteiger partial charge in [0, 0.05) is 61.0 Å². The molecular formula is C41H63N5O6. The molecule has 0 spiro atoms. The van der Waals surface area contributed by atoms with Crippen molar-refractivity contribution in [2.75, 3.05) is 53.4 Å². The quantitative estimate of drug-likeness (QED) is 0.210. The third-order valence-corrected chi connectivity index (χ3v) is 12.3. The SMILES string of the molecule is CCC[C@@H](CN(C)C)NC(=O)c1cc(-c2cccc(CN3O[C@@H](CO)[C@@H]([C@H](C)O)[C@H]3C(=O)N[C@H]3C[C@H]4C[C@H]([C@@H]3C)C4(C)C)c2OC)cc(N(C)C)c1. The molecule has 9 atom stereocenters. The number of rotatable bonds is 15. The number of anilines is 1. The molecule has 3 aliphatic carbocycles. The molecule has 1 heterocycles. The number of nitrogens with zero attached hydrogens (tertiary/aromatic N) is 3. The largest absolute Gasteiger partial charge is 0.496 e. The number of carbonyl (C=O) groups is 2. The number of ether oxygens (including phenoxy) is 1. The van der Waals surface area contributed by atoms with E-state index in [1.54, 1.807) is 19.1 Å². The minimum Gasteiger partial charge on any atom is -0.496 e. The molecule has 11 heteroatoms. The van der Waals surface area contributed by atoms with Gasteiger partial charge in [0.2, 0.25) is 5.91 Å². The Hall–Kier alpha value is -3.22. The van der Waals surface area contributed by atoms with Crippen molar-refractivity contribution in [1.29, 1.82) is 0 Å². The minimum atomic E-state index is -0.893. The summed E-state index contributed by atoms with van der Waals surface area (Å²) in [6, 6.07) is 10.9. The summed E-state index contributed by atoms with van der Waals surface area (Å²) in [5.74, 6) is 1.11. The van der Waals surface area contributed by atoms with E-state index in [1.165, 1.54) is 6.42 Å². The predicted molar refractivity (Wildman–Crippen MR) is 205 cm³/mol. The minimum absolute atomic E-state index is 0.0227. The molecule has 4 fully saturated rings. The zero-order chi connectivity index (χ0) is 38.1. The van der Waals surface area contributed by atoms with Crippen LogP contribution in [0.4, 0.5) is 5.69 Å². The molecule has 1 saturated heterocycles. The van der Waals surface area contributed by atoms with Crippen LogP contribution in [0.1, 0.15) is 76.2 Å². The first-order valence-corrected chi connectivity index (χ1v) is 19.1. The molecule has 1 aliphatic heterocycles. The highest BCUT2D eigenvalue weighted by atomic mass is 16.7. The Morgan fingerprint density at radius 1 is 1.13 bits per heavy atom. The fourth-order valence-corrected chi connectivity index (χ4v) is 9.25. The van der Waals surface area contributed by atoms with E-state index in [0.717, 1.165) is 48.2 Å². The molecule has 4 aliphatic rings. The van der Waals surface area contributed by atoms with E-state index in [9.17, 15) is 19.8 Å². The van der Waals surface area contributed by atoms with Gasteiger partial charge >= 0.3 is 0 Å². The summed E-state index contributed by atoms with van der Waals surface area (Å²) in [6.07, 6.45) is 2.34. The number of para-hydroxylation sites is 1. The Bertz CT molecular complexity index is 1560. The van der Waals surface area contributed by atoms with Crippen LogP contribution < -0.4 is 20.3 Å². The van der Waals surface area contributed by atoms with Gasteiger partial charge in [-0.05, 0) is 87.2 Å². The standard InChI is InChI=1S/C41H63N5O6/c1-11-13-30(22-44(6)7)42-39(49)28-16-27(17-31(18-28)45(8)9)32-15-12-14-26(38(32)51-10)21-46-37(36(25(3)48)35(23-47)52-46)40(50)43-34-20-29-19-33(24(34)2)41(29,4)5/h12,14-18,24-25,29-30,33-37,47-48H,11,13,19-23H2,1-10H3,(H,42,49)(H,43,50)/t24-,25-,29+,30-,33+,34-,35-,36+,37-/m0/s1. The van der Waals surface area contributed by atoms with E-state index >= 15 is 0 Å². The molecule has 0 unspecified atom stereocenters. The van der Waals surface area contributed by atoms with Gasteiger partial charge in [0.25, 0.3) is 5.91 Å². The van der Waals surface area contributed by atoms with Crippen LogP contribution in [-0.4, -0.2) is 111 Å². The lowest BCUT2D eigenvalue weighted by Crippen LogP contribution is -2.62. The highest BCUT2D eigenvalue weighted by molar-refractivity contribution is 5.97. The van der Waals surface area contributed by atoms with Gasteiger partial charge in [0.15, 0.2) is 0 Å². The van der Waals surface area contributed by atoms with Gasteiger partial charge in [-0.25, -0.2) is 0 Å². The fourth-order valence-electron chi connectivity index (χ4n) is 9.25. The number of aliphatic hydroxyl groups excluding tert-OH is 2. The van der Waals surface area contributed by atoms with Gasteiger partial charge in [-0.2, -0.15) is 5.06 Å². The van der Waals surface area contributed by atoms with Crippen LogP contribution in [0.3, 0.4) is 0 Å². The first kappa shape index (κ1) is 40.0. The number of nitrogens with one attached hydrogen (secondary N) is 2. The van der Waals surface area contributed by atoms with Crippen LogP contribution in [-0.2, 0) is 16.2 Å². The third-order valence-electron chi connectivity index (χ3n) is 12.3. The van der Waals surface area contributed by atoms with Crippen molar-refractivity contribution in [1.82, 2.24) is 20.6 Å². The Morgan fingerprint density at radius 3 is 2.44 bits per heavy atom. The predicted octanol–water partition coefficient (Wildman–Crippen LogP) is 4.55. The molecule has 3 saturated carbocycles. The fraction of sp³-hybridized carbons (Fsp3) is 0.659. The van der Waals surface area contributed by atoms with Crippen LogP contribution in [0.15, 0.2) is 36.4 Å². The molecule has 2 aromatic carbocycles. The molecule has 288 valence electrons. The lowest BCUT2D eigenvalue weighted by molar-refractivity contribution is -0.183. The molecular weight excluding hydrogens is 658 g/mol. The van der Waals surface area contributed by atoms with Crippen molar-refractivity contribution in [3.05, 3.63) is 47.5 Å². The number of carbonyl (C=O) groups excluding carboxylic acids is 2. The zero-order valence-corrected chi connectivity index (χ0v) is 33.0. The molecule has 0 radical (unpaired) electrons. The molecule has 52 heavy (non-hydrogen) atoms. The van der Waals surface area contributed by atoms with Gasteiger partial charge in [-0.15, -0.1) is 0 Å². The highest BCUT2D eigenvalue weighted by Gasteiger charge is 2.57. The van der Waals surface area contributed by atoms with Crippen molar-refractivity contribution in [2.24, 2.45) is 29.1 Å². The molecule has 0 aromatic heterocycles. The summed E-state index contributed by atoms with van der Waals surface area (Å²) < 4.78 is 6.08. The van der Waals surface area contributed by atoms with Crippen LogP contribution in [0.25, 0.3) is 11.1 Å². The first-order valence-electron chi connectivity index (χ1n) is 19.1. The number of fused-ring (bicyclic) bond motifs is 2. The van der Waals surface area contributed by atoms with Crippen molar-refractivity contribution in [2.45, 2.75) is 97.2 Å². The van der Waals surface area contributed by atoms with E-state index in [1.807, 2.05) is 69.5 Å². The molecule has 4 N–H and O–H groups in total. The maximum absolute atomic E-state index is 14.2. The van der Waals surface area contributed by atoms with Crippen molar-refractivity contribution >= 4 is 17.5 Å². The van der Waals surface area contributed by atoms with E-state index in [-0.39, 0.29) is 42.5 Å². The monoisotopic (exact) mass is 721 g/mol. The van der Waals surface area contributed by atoms with Crippen molar-refractivity contribution < 1.29 is 29.4 Å². The van der Waals surface area contributed by atoms with E-state index in [4.69, 9.17) is 9.57 Å². The summed E-state index contributed by atoms with van der Waals surface area (Å²) in [7, 11) is 9.53. The summed E-state index contributed by atoms with van der Waals surface area (Å²) in [4.78, 5) is 38.3. The Morgan fingerprint density at radius 2 is 1.87 bits per heavy atom. The van der Waals surface area contributed by atoms with Crippen LogP contribution in [0.2, 0.25) is 0 Å². The number of benzene rings is 2. The average molecular weight is 722 g/mol. The Balaban J connectivity index is 1.45. The van der Waals surface area contributed by atoms with Gasteiger partial charge in [-0.1, -0.05) is 52.3 Å². The molecule has 11 nitrogen and oxygen atoms in total. The molecule has 6 rings (SSSR count). The maximum atomic E-state index is 14.2. The topological polar surface area (TPSA) is 127 Å². The second kappa shape index (κ2) is 16.4. The van der Waals surface area contributed by atoms with Crippen molar-refractivity contribution in [3.63, 3.8) is 0 Å². The Kier molecular flexibility index (Phi) is 12.6. The lowest BCUT2D eigenvalue weighted by atomic mass is 9.45. The lowest BCUT2D eigenvalue weighted by Gasteiger charge is -2.62. The second-order valence-corrected chi connectivity index (χ2v) is 16.6. The number of hydroxylamine groups is 2. The maximum Gasteiger partial charge on any atom is 0.251 e. The summed E-state index contributed by atoms with van der Waals surface area (Å²) >= 11 is 0.